The van der Waals surface area contributed by atoms with Crippen molar-refractivity contribution < 1.29 is 13.6 Å². The van der Waals surface area contributed by atoms with Crippen molar-refractivity contribution in [2.24, 2.45) is 5.73 Å². The Kier molecular flexibility index (Phi) is 4.46. The molecule has 0 spiro atoms. The summed E-state index contributed by atoms with van der Waals surface area (Å²) >= 11 is 0. The van der Waals surface area contributed by atoms with E-state index in [9.17, 15) is 13.6 Å². The monoisotopic (exact) mass is 297 g/mol. The molecule has 1 amide bonds. The molecule has 1 aromatic carbocycles. The minimum Gasteiger partial charge on any atom is -0.380 e. The summed E-state index contributed by atoms with van der Waals surface area (Å²) < 4.78 is 26.1. The van der Waals surface area contributed by atoms with Gasteiger partial charge in [0.1, 0.15) is 0 Å². The number of rotatable bonds is 3. The average molecular weight is 297 g/mol. The minimum absolute atomic E-state index is 0.00918. The quantitative estimate of drug-likeness (QED) is 0.898. The molecule has 0 radical (unpaired) electrons. The van der Waals surface area contributed by atoms with E-state index in [4.69, 9.17) is 5.73 Å². The normalized spacial score (nSPS) is 19.5. The van der Waals surface area contributed by atoms with Crippen molar-refractivity contribution in [3.8, 4) is 0 Å². The summed E-state index contributed by atoms with van der Waals surface area (Å²) in [5.74, 6) is -1.85. The molecule has 0 saturated carbocycles. The van der Waals surface area contributed by atoms with Crippen molar-refractivity contribution in [1.82, 2.24) is 4.90 Å². The van der Waals surface area contributed by atoms with E-state index in [0.717, 1.165) is 25.0 Å². The number of piperidine rings is 1. The predicted octanol–water partition coefficient (Wildman–Crippen LogP) is 2.10. The lowest BCUT2D eigenvalue weighted by Crippen LogP contribution is -2.55. The van der Waals surface area contributed by atoms with Gasteiger partial charge >= 0.3 is 0 Å². The Hall–Kier alpha value is -1.69. The lowest BCUT2D eigenvalue weighted by atomic mass is 10.00. The van der Waals surface area contributed by atoms with E-state index in [1.165, 1.54) is 6.07 Å². The topological polar surface area (TPSA) is 58.4 Å². The zero-order valence-electron chi connectivity index (χ0n) is 12.3. The molecule has 1 aliphatic rings. The third-order valence-corrected chi connectivity index (χ3v) is 3.55. The molecule has 0 bridgehead atoms. The molecule has 1 aliphatic heterocycles. The summed E-state index contributed by atoms with van der Waals surface area (Å²) in [7, 11) is 0. The van der Waals surface area contributed by atoms with Gasteiger partial charge in [-0.3, -0.25) is 4.79 Å². The summed E-state index contributed by atoms with van der Waals surface area (Å²) in [6.07, 6.45) is 1.72. The maximum atomic E-state index is 13.2. The fourth-order valence-electron chi connectivity index (χ4n) is 2.51. The van der Waals surface area contributed by atoms with E-state index in [2.05, 4.69) is 5.32 Å². The molecular formula is C15H21F2N3O. The molecule has 116 valence electrons. The summed E-state index contributed by atoms with van der Waals surface area (Å²) in [5, 5.41) is 3.14. The molecular weight excluding hydrogens is 276 g/mol. The van der Waals surface area contributed by atoms with Gasteiger partial charge in [-0.2, -0.15) is 0 Å². The number of carbonyl (C=O) groups is 1. The summed E-state index contributed by atoms with van der Waals surface area (Å²) in [5.41, 5.74) is 5.46. The Morgan fingerprint density at radius 2 is 2.10 bits per heavy atom. The van der Waals surface area contributed by atoms with Crippen molar-refractivity contribution in [3.63, 3.8) is 0 Å². The van der Waals surface area contributed by atoms with Gasteiger partial charge in [0, 0.05) is 30.9 Å². The highest BCUT2D eigenvalue weighted by molar-refractivity contribution is 5.85. The van der Waals surface area contributed by atoms with Crippen LogP contribution in [0.3, 0.4) is 0 Å². The number of nitrogens with zero attached hydrogens (tertiary/aromatic N) is 1. The number of carbonyl (C=O) groups excluding carboxylic acids is 1. The van der Waals surface area contributed by atoms with Crippen LogP contribution < -0.4 is 11.1 Å². The Labute approximate surface area is 123 Å². The van der Waals surface area contributed by atoms with Crippen molar-refractivity contribution in [2.45, 2.75) is 38.3 Å². The molecule has 2 rings (SSSR count). The van der Waals surface area contributed by atoms with Gasteiger partial charge in [-0.05, 0) is 38.8 Å². The van der Waals surface area contributed by atoms with Gasteiger partial charge in [0.05, 0.1) is 5.54 Å². The summed E-state index contributed by atoms with van der Waals surface area (Å²) in [4.78, 5) is 13.9. The van der Waals surface area contributed by atoms with Gasteiger partial charge in [0.2, 0.25) is 5.91 Å². The number of nitrogens with two attached hydrogens (primary N) is 1. The second-order valence-electron chi connectivity index (χ2n) is 6.09. The van der Waals surface area contributed by atoms with Crippen LogP contribution in [0.2, 0.25) is 0 Å². The number of nitrogens with one attached hydrogen (secondary N) is 1. The van der Waals surface area contributed by atoms with Crippen LogP contribution in [0.15, 0.2) is 18.2 Å². The van der Waals surface area contributed by atoms with Crippen LogP contribution in [0, 0.1) is 11.6 Å². The first-order valence-electron chi connectivity index (χ1n) is 7.07. The van der Waals surface area contributed by atoms with Gasteiger partial charge in [-0.15, -0.1) is 0 Å². The van der Waals surface area contributed by atoms with E-state index in [1.807, 2.05) is 0 Å². The van der Waals surface area contributed by atoms with Crippen LogP contribution in [0.5, 0.6) is 0 Å². The molecule has 1 saturated heterocycles. The number of hydrogen-bond acceptors (Lipinski definition) is 3. The summed E-state index contributed by atoms with van der Waals surface area (Å²) in [6, 6.07) is 3.72. The Bertz CT molecular complexity index is 528. The maximum absolute atomic E-state index is 13.2. The standard InChI is InChI=1S/C15H21F2N3O/c1-15(2,18)14(21)20-7-3-4-11(9-20)19-10-5-6-12(16)13(17)8-10/h5-6,8,11,19H,3-4,7,9,18H2,1-2H3/t11-/m0/s1. The number of benzene rings is 1. The molecule has 21 heavy (non-hydrogen) atoms. The number of halogens is 2. The molecule has 4 nitrogen and oxygen atoms in total. The highest BCUT2D eigenvalue weighted by Gasteiger charge is 2.31. The average Bonchev–Trinajstić information content (AvgIpc) is 2.41. The van der Waals surface area contributed by atoms with Gasteiger partial charge in [-0.1, -0.05) is 0 Å². The van der Waals surface area contributed by atoms with Gasteiger partial charge in [0.15, 0.2) is 11.6 Å². The Morgan fingerprint density at radius 1 is 1.38 bits per heavy atom. The molecule has 1 atom stereocenters. The van der Waals surface area contributed by atoms with Crippen LogP contribution in [-0.4, -0.2) is 35.5 Å². The van der Waals surface area contributed by atoms with E-state index >= 15 is 0 Å². The number of likely N-dealkylation sites (tertiary alicyclic amines) is 1. The summed E-state index contributed by atoms with van der Waals surface area (Å²) in [6.45, 7) is 4.55. The number of amides is 1. The van der Waals surface area contributed by atoms with Crippen molar-refractivity contribution in [1.29, 1.82) is 0 Å². The zero-order valence-corrected chi connectivity index (χ0v) is 12.3. The predicted molar refractivity (Wildman–Crippen MR) is 77.8 cm³/mol. The molecule has 6 heteroatoms. The lowest BCUT2D eigenvalue weighted by Gasteiger charge is -2.37. The molecule has 0 aliphatic carbocycles. The Balaban J connectivity index is 2.01. The largest absolute Gasteiger partial charge is 0.380 e. The highest BCUT2D eigenvalue weighted by Crippen LogP contribution is 2.19. The van der Waals surface area contributed by atoms with Gasteiger partial charge in [-0.25, -0.2) is 8.78 Å². The molecule has 3 N–H and O–H groups in total. The van der Waals surface area contributed by atoms with Crippen LogP contribution in [-0.2, 0) is 4.79 Å². The third kappa shape index (κ3) is 3.91. The number of anilines is 1. The first kappa shape index (κ1) is 15.7. The second-order valence-corrected chi connectivity index (χ2v) is 6.09. The minimum atomic E-state index is -0.899. The van der Waals surface area contributed by atoms with Crippen LogP contribution in [0.4, 0.5) is 14.5 Å². The van der Waals surface area contributed by atoms with E-state index in [1.54, 1.807) is 18.7 Å². The SMILES string of the molecule is CC(C)(N)C(=O)N1CCC[C@H](Nc2ccc(F)c(F)c2)C1. The molecule has 1 heterocycles. The van der Waals surface area contributed by atoms with Crippen LogP contribution in [0.1, 0.15) is 26.7 Å². The lowest BCUT2D eigenvalue weighted by molar-refractivity contribution is -0.136. The fraction of sp³-hybridized carbons (Fsp3) is 0.533. The first-order chi connectivity index (χ1) is 9.77. The molecule has 0 aromatic heterocycles. The smallest absolute Gasteiger partial charge is 0.242 e. The van der Waals surface area contributed by atoms with E-state index < -0.39 is 17.2 Å². The van der Waals surface area contributed by atoms with Crippen molar-refractivity contribution in [2.75, 3.05) is 18.4 Å². The van der Waals surface area contributed by atoms with Crippen LogP contribution >= 0.6 is 0 Å². The van der Waals surface area contributed by atoms with Gasteiger partial charge < -0.3 is 16.0 Å². The van der Waals surface area contributed by atoms with Crippen molar-refractivity contribution in [3.05, 3.63) is 29.8 Å². The van der Waals surface area contributed by atoms with Crippen molar-refractivity contribution >= 4 is 11.6 Å². The first-order valence-corrected chi connectivity index (χ1v) is 7.07. The second kappa shape index (κ2) is 5.97. The van der Waals surface area contributed by atoms with Gasteiger partial charge in [0.25, 0.3) is 0 Å². The van der Waals surface area contributed by atoms with E-state index in [-0.39, 0.29) is 11.9 Å². The zero-order chi connectivity index (χ0) is 15.6. The third-order valence-electron chi connectivity index (χ3n) is 3.55. The molecule has 1 fully saturated rings. The number of hydrogen-bond donors (Lipinski definition) is 2. The Morgan fingerprint density at radius 3 is 2.71 bits per heavy atom. The highest BCUT2D eigenvalue weighted by atomic mass is 19.2. The maximum Gasteiger partial charge on any atom is 0.242 e. The van der Waals surface area contributed by atoms with Crippen LogP contribution in [0.25, 0.3) is 0 Å². The fourth-order valence-corrected chi connectivity index (χ4v) is 2.51. The molecule has 0 unspecified atom stereocenters. The van der Waals surface area contributed by atoms with E-state index in [0.29, 0.717) is 18.8 Å². The molecule has 1 aromatic rings.